The van der Waals surface area contributed by atoms with Crippen LogP contribution in [0.15, 0.2) is 79.9 Å². The van der Waals surface area contributed by atoms with E-state index in [2.05, 4.69) is 20.7 Å². The Morgan fingerprint density at radius 3 is 1.83 bits per heavy atom. The van der Waals surface area contributed by atoms with Crippen molar-refractivity contribution in [1.29, 1.82) is 0 Å². The zero-order chi connectivity index (χ0) is 52.2. The number of hydrogen-bond acceptors (Lipinski definition) is 11. The molecule has 70 heavy (non-hydrogen) atoms. The summed E-state index contributed by atoms with van der Waals surface area (Å²) in [6, 6.07) is 15.0. The van der Waals surface area contributed by atoms with Crippen molar-refractivity contribution in [3.05, 3.63) is 99.4 Å². The molecule has 2 amide bonds. The van der Waals surface area contributed by atoms with Gasteiger partial charge in [-0.1, -0.05) is 71.9 Å². The molecule has 0 fully saturated rings. The molecule has 1 unspecified atom stereocenters. The van der Waals surface area contributed by atoms with E-state index in [-0.39, 0.29) is 90.5 Å². The molecule has 19 heteroatoms. The number of aryl methyl sites for hydroxylation is 4. The molecule has 0 saturated carbocycles. The molecule has 1 aliphatic heterocycles. The third-order valence-corrected chi connectivity index (χ3v) is 14.8. The fourth-order valence-electron chi connectivity index (χ4n) is 8.68. The number of carbonyl (C=O) groups is 2. The summed E-state index contributed by atoms with van der Waals surface area (Å²) in [6.07, 6.45) is 0.499. The minimum absolute atomic E-state index is 0.0357. The summed E-state index contributed by atoms with van der Waals surface area (Å²) in [4.78, 5) is 30.5. The molecule has 0 bridgehead atoms. The van der Waals surface area contributed by atoms with E-state index in [1.807, 2.05) is 88.3 Å². The molecule has 4 aromatic carbocycles. The Morgan fingerprint density at radius 1 is 0.743 bits per heavy atom. The molecule has 6 rings (SSSR count). The molecular weight excluding hydrogens is 953 g/mol. The van der Waals surface area contributed by atoms with Gasteiger partial charge in [-0.15, -0.1) is 0 Å². The van der Waals surface area contributed by atoms with Crippen LogP contribution in [0, 0.1) is 52.4 Å². The average molecular weight is 1010 g/mol. The van der Waals surface area contributed by atoms with Crippen LogP contribution < -0.4 is 30.3 Å². The van der Waals surface area contributed by atoms with Crippen LogP contribution in [0.5, 0.6) is 0 Å². The van der Waals surface area contributed by atoms with E-state index < -0.39 is 36.3 Å². The lowest BCUT2D eigenvalue weighted by atomic mass is 9.91. The third-order valence-electron chi connectivity index (χ3n) is 11.8. The monoisotopic (exact) mass is 1010 g/mol. The van der Waals surface area contributed by atoms with Gasteiger partial charge in [0.1, 0.15) is 21.1 Å². The fourth-order valence-corrected chi connectivity index (χ4v) is 10.6. The lowest BCUT2D eigenvalue weighted by Gasteiger charge is -2.27. The smallest absolute Gasteiger partial charge is 0.295 e. The quantitative estimate of drug-likeness (QED) is 0.0414. The summed E-state index contributed by atoms with van der Waals surface area (Å²) in [7, 11) is -6.76. The molecule has 2 aliphatic rings. The summed E-state index contributed by atoms with van der Waals surface area (Å²) in [6.45, 7) is 22.8. The SMILES string of the molecule is CNS(=O)(=O)c1cc2c(-c3ccccc3S(=O)(=O)O)c3cc(N(C)S(=O)[O-])c(Nc4c(C)cc(C)c(NC(=O)CC(C)(C)C)c4C)cc3oc-2cc1=Nc1c(C)cc(C)c(NC(=O)CC(C)(C)C)c1C. The van der Waals surface area contributed by atoms with Gasteiger partial charge >= 0.3 is 0 Å². The number of anilines is 5. The molecule has 0 radical (unpaired) electrons. The number of fused-ring (bicyclic) bond motifs is 2. The van der Waals surface area contributed by atoms with E-state index in [0.717, 1.165) is 21.0 Å². The normalized spacial score (nSPS) is 13.2. The number of sulfonamides is 1. The molecule has 0 spiro atoms. The van der Waals surface area contributed by atoms with Crippen molar-refractivity contribution in [2.24, 2.45) is 15.8 Å². The first-order valence-corrected chi connectivity index (χ1v) is 26.3. The second kappa shape index (κ2) is 19.7. The Morgan fingerprint density at radius 2 is 1.29 bits per heavy atom. The maximum Gasteiger partial charge on any atom is 0.295 e. The zero-order valence-corrected chi connectivity index (χ0v) is 44.4. The minimum Gasteiger partial charge on any atom is -0.755 e. The van der Waals surface area contributed by atoms with E-state index >= 15 is 0 Å². The highest BCUT2D eigenvalue weighted by molar-refractivity contribution is 7.89. The van der Waals surface area contributed by atoms with Gasteiger partial charge in [-0.3, -0.25) is 18.4 Å². The Balaban J connectivity index is 1.74. The van der Waals surface area contributed by atoms with Gasteiger partial charge in [0.25, 0.3) is 10.1 Å². The average Bonchev–Trinajstić information content (AvgIpc) is 3.23. The Kier molecular flexibility index (Phi) is 15.0. The van der Waals surface area contributed by atoms with Crippen LogP contribution in [0.25, 0.3) is 33.4 Å². The maximum absolute atomic E-state index is 14.1. The number of benzene rings is 5. The largest absolute Gasteiger partial charge is 0.755 e. The van der Waals surface area contributed by atoms with Crippen molar-refractivity contribution in [2.45, 2.75) is 106 Å². The van der Waals surface area contributed by atoms with E-state index in [9.17, 15) is 39.7 Å². The Labute approximate surface area is 413 Å². The van der Waals surface area contributed by atoms with Crippen molar-refractivity contribution in [2.75, 3.05) is 34.4 Å². The Bertz CT molecular complexity index is 3410. The van der Waals surface area contributed by atoms with Gasteiger partial charge in [0.05, 0.1) is 22.4 Å². The van der Waals surface area contributed by atoms with Crippen LogP contribution in [0.4, 0.5) is 34.1 Å². The molecule has 16 nitrogen and oxygen atoms in total. The summed E-state index contributed by atoms with van der Waals surface area (Å²) >= 11 is -2.86. The lowest BCUT2D eigenvalue weighted by Crippen LogP contribution is -2.26. The molecular formula is C51H61N6O10S3-. The highest BCUT2D eigenvalue weighted by atomic mass is 32.2. The van der Waals surface area contributed by atoms with Gasteiger partial charge in [-0.05, 0) is 111 Å². The van der Waals surface area contributed by atoms with E-state index in [0.29, 0.717) is 39.4 Å². The number of hydrogen-bond donors (Lipinski definition) is 5. The van der Waals surface area contributed by atoms with E-state index in [1.165, 1.54) is 56.6 Å². The van der Waals surface area contributed by atoms with Gasteiger partial charge in [-0.2, -0.15) is 8.42 Å². The highest BCUT2D eigenvalue weighted by Gasteiger charge is 2.29. The molecule has 0 aromatic heterocycles. The van der Waals surface area contributed by atoms with Gasteiger partial charge in [0.2, 0.25) is 21.8 Å². The molecule has 4 aromatic rings. The van der Waals surface area contributed by atoms with Crippen molar-refractivity contribution in [3.63, 3.8) is 0 Å². The number of carbonyl (C=O) groups excluding carboxylic acids is 2. The zero-order valence-electron chi connectivity index (χ0n) is 41.9. The number of rotatable bonds is 13. The van der Waals surface area contributed by atoms with Crippen molar-refractivity contribution in [3.8, 4) is 22.5 Å². The number of nitrogens with zero attached hydrogens (tertiary/aromatic N) is 2. The molecule has 374 valence electrons. The first-order valence-electron chi connectivity index (χ1n) is 22.4. The maximum atomic E-state index is 14.1. The lowest BCUT2D eigenvalue weighted by molar-refractivity contribution is -0.118. The summed E-state index contributed by atoms with van der Waals surface area (Å²) < 4.78 is 101. The molecule has 5 N–H and O–H groups in total. The van der Waals surface area contributed by atoms with Crippen LogP contribution in [0.3, 0.4) is 0 Å². The summed E-state index contributed by atoms with van der Waals surface area (Å²) in [5.74, 6) is -0.354. The van der Waals surface area contributed by atoms with Gasteiger partial charge in [0.15, 0.2) is 0 Å². The molecule has 1 heterocycles. The number of amides is 2. The van der Waals surface area contributed by atoms with Gasteiger partial charge in [0, 0.05) is 82.4 Å². The predicted molar refractivity (Wildman–Crippen MR) is 277 cm³/mol. The molecule has 1 aliphatic carbocycles. The van der Waals surface area contributed by atoms with Gasteiger partial charge in [-0.25, -0.2) is 18.1 Å². The first-order chi connectivity index (χ1) is 32.3. The van der Waals surface area contributed by atoms with Crippen LogP contribution in [0.1, 0.15) is 87.8 Å². The second-order valence-corrected chi connectivity index (χ2v) is 24.3. The molecule has 0 saturated heterocycles. The summed E-state index contributed by atoms with van der Waals surface area (Å²) in [5, 5.41) is 9.56. The fraction of sp³-hybridized carbons (Fsp3) is 0.353. The molecule has 1 atom stereocenters. The van der Waals surface area contributed by atoms with E-state index in [1.54, 1.807) is 13.0 Å². The van der Waals surface area contributed by atoms with Crippen molar-refractivity contribution < 1.29 is 44.2 Å². The van der Waals surface area contributed by atoms with Crippen LogP contribution >= 0.6 is 0 Å². The third kappa shape index (κ3) is 11.5. The summed E-state index contributed by atoms with van der Waals surface area (Å²) in [5.41, 5.74) is 6.22. The first kappa shape index (κ1) is 53.4. The minimum atomic E-state index is -4.93. The van der Waals surface area contributed by atoms with E-state index in [4.69, 9.17) is 9.41 Å². The highest BCUT2D eigenvalue weighted by Crippen LogP contribution is 2.47. The van der Waals surface area contributed by atoms with Crippen LogP contribution in [-0.2, 0) is 41.0 Å². The Hall–Kier alpha value is -5.96. The van der Waals surface area contributed by atoms with Crippen LogP contribution in [-0.4, -0.2) is 56.1 Å². The second-order valence-electron chi connectivity index (χ2n) is 20.1. The van der Waals surface area contributed by atoms with Crippen molar-refractivity contribution in [1.82, 2.24) is 4.72 Å². The topological polar surface area (TPSA) is 240 Å². The number of nitrogens with one attached hydrogen (secondary N) is 4. The van der Waals surface area contributed by atoms with Crippen molar-refractivity contribution >= 4 is 88.3 Å². The van der Waals surface area contributed by atoms with Crippen LogP contribution in [0.2, 0.25) is 0 Å². The van der Waals surface area contributed by atoms with Gasteiger partial charge < -0.3 is 29.2 Å². The standard InChI is InChI=1S/C51H62N6O10S3/c1-27-19-29(3)48(55-43(58)25-50(7,8)9)31(5)46(27)53-36-23-39-34(21-38(36)57(14)68(60)61)45(33-17-15-16-18-41(33)70(64,65)66)35-22-42(69(62,63)52-13)37(24-40(35)67-39)54-47-28(2)20-30(4)49(32(47)6)56-44(59)26-51(10,11)12/h15-24,52-53H,25-26H2,1-14H3,(H,55,58)(H,56,59)(H,60,61)(H,64,65,66)/p-1. The predicted octanol–water partition coefficient (Wildman–Crippen LogP) is 10.2.